The van der Waals surface area contributed by atoms with Crippen molar-refractivity contribution in [1.29, 1.82) is 0 Å². The smallest absolute Gasteiger partial charge is 0.406 e. The molecule has 0 aliphatic carbocycles. The van der Waals surface area contributed by atoms with Crippen LogP contribution in [0.2, 0.25) is 0 Å². The van der Waals surface area contributed by atoms with Gasteiger partial charge in [-0.15, -0.1) is 13.2 Å². The van der Waals surface area contributed by atoms with Crippen molar-refractivity contribution in [1.82, 2.24) is 14.1 Å². The number of ether oxygens (including phenoxy) is 1. The summed E-state index contributed by atoms with van der Waals surface area (Å²) in [5, 5.41) is 2.45. The quantitative estimate of drug-likeness (QED) is 0.731. The van der Waals surface area contributed by atoms with Crippen LogP contribution in [0.3, 0.4) is 0 Å². The zero-order chi connectivity index (χ0) is 20.6. The number of nitrogens with zero attached hydrogens (tertiary/aromatic N) is 3. The van der Waals surface area contributed by atoms with Crippen LogP contribution in [0.5, 0.6) is 5.75 Å². The van der Waals surface area contributed by atoms with Gasteiger partial charge >= 0.3 is 12.1 Å². The summed E-state index contributed by atoms with van der Waals surface area (Å²) >= 11 is 0. The summed E-state index contributed by atoms with van der Waals surface area (Å²) in [6, 6.07) is 6.00. The molecule has 0 bridgehead atoms. The molecular weight excluding hydrogens is 381 g/mol. The summed E-state index contributed by atoms with van der Waals surface area (Å²) in [5.74, 6) is -1.19. The molecule has 0 saturated carbocycles. The van der Waals surface area contributed by atoms with Crippen LogP contribution in [0.4, 0.5) is 18.9 Å². The first kappa shape index (κ1) is 19.1. The Hall–Kier alpha value is -3.63. The third-order valence-corrected chi connectivity index (χ3v) is 3.88. The zero-order valence-corrected chi connectivity index (χ0v) is 14.6. The van der Waals surface area contributed by atoms with Crippen LogP contribution in [-0.4, -0.2) is 26.4 Å². The summed E-state index contributed by atoms with van der Waals surface area (Å²) in [7, 11) is 2.73. The number of rotatable bonds is 3. The average molecular weight is 394 g/mol. The predicted octanol–water partition coefficient (Wildman–Crippen LogP) is 1.78. The number of alkyl halides is 3. The Kier molecular flexibility index (Phi) is 4.67. The second-order valence-electron chi connectivity index (χ2n) is 5.83. The number of aromatic nitrogens is 3. The number of carbonyl (C=O) groups excluding carboxylic acids is 1. The van der Waals surface area contributed by atoms with Crippen LogP contribution in [0.1, 0.15) is 10.4 Å². The number of amides is 1. The van der Waals surface area contributed by atoms with E-state index in [1.54, 1.807) is 0 Å². The first-order valence-electron chi connectivity index (χ1n) is 7.80. The third kappa shape index (κ3) is 3.72. The molecule has 11 heteroatoms. The number of benzene rings is 1. The van der Waals surface area contributed by atoms with Crippen LogP contribution in [-0.2, 0) is 14.1 Å². The maximum atomic E-state index is 12.4. The number of aryl methyl sites for hydroxylation is 1. The maximum absolute atomic E-state index is 12.4. The van der Waals surface area contributed by atoms with E-state index in [0.29, 0.717) is 0 Å². The minimum atomic E-state index is -4.86. The van der Waals surface area contributed by atoms with E-state index in [0.717, 1.165) is 27.5 Å². The lowest BCUT2D eigenvalue weighted by atomic mass is 10.2. The molecule has 1 aromatic carbocycles. The fourth-order valence-corrected chi connectivity index (χ4v) is 2.56. The number of carbonyl (C=O) groups is 1. The molecule has 3 aromatic rings. The number of nitrogens with one attached hydrogen (secondary N) is 1. The highest BCUT2D eigenvalue weighted by molar-refractivity contribution is 6.05. The lowest BCUT2D eigenvalue weighted by Crippen LogP contribution is -2.37. The SMILES string of the molecule is Cn1c(=O)c2cc(C(=O)Nc3cccc(OC(F)(F)F)c3)cnc2n(C)c1=O. The molecule has 1 N–H and O–H groups in total. The van der Waals surface area contributed by atoms with Gasteiger partial charge < -0.3 is 10.1 Å². The normalized spacial score (nSPS) is 11.5. The van der Waals surface area contributed by atoms with Gasteiger partial charge in [-0.05, 0) is 18.2 Å². The monoisotopic (exact) mass is 394 g/mol. The average Bonchev–Trinajstić information content (AvgIpc) is 2.63. The lowest BCUT2D eigenvalue weighted by Gasteiger charge is -2.11. The fraction of sp³-hybridized carbons (Fsp3) is 0.176. The molecule has 0 aliphatic rings. The number of halogens is 3. The Balaban J connectivity index is 1.94. The number of anilines is 1. The van der Waals surface area contributed by atoms with Crippen molar-refractivity contribution in [3.05, 3.63) is 62.9 Å². The number of fused-ring (bicyclic) bond motifs is 1. The van der Waals surface area contributed by atoms with E-state index in [9.17, 15) is 27.6 Å². The van der Waals surface area contributed by atoms with Crippen molar-refractivity contribution < 1.29 is 22.7 Å². The second-order valence-corrected chi connectivity index (χ2v) is 5.83. The molecule has 146 valence electrons. The molecule has 2 heterocycles. The van der Waals surface area contributed by atoms with Crippen molar-refractivity contribution in [2.75, 3.05) is 5.32 Å². The summed E-state index contributed by atoms with van der Waals surface area (Å²) in [6.45, 7) is 0. The van der Waals surface area contributed by atoms with Crippen LogP contribution in [0.25, 0.3) is 11.0 Å². The Bertz CT molecular complexity index is 1200. The molecule has 3 rings (SSSR count). The van der Waals surface area contributed by atoms with Gasteiger partial charge in [0.1, 0.15) is 11.4 Å². The highest BCUT2D eigenvalue weighted by atomic mass is 19.4. The molecule has 0 fully saturated rings. The minimum absolute atomic E-state index is 0.00890. The highest BCUT2D eigenvalue weighted by Crippen LogP contribution is 2.25. The fourth-order valence-electron chi connectivity index (χ4n) is 2.56. The summed E-state index contributed by atoms with van der Waals surface area (Å²) < 4.78 is 42.8. The third-order valence-electron chi connectivity index (χ3n) is 3.88. The van der Waals surface area contributed by atoms with Gasteiger partial charge in [0.2, 0.25) is 0 Å². The molecular formula is C17H13F3N4O4. The van der Waals surface area contributed by atoms with Gasteiger partial charge in [-0.3, -0.25) is 18.7 Å². The first-order valence-corrected chi connectivity index (χ1v) is 7.80. The predicted molar refractivity (Wildman–Crippen MR) is 93.3 cm³/mol. The topological polar surface area (TPSA) is 95.2 Å². The van der Waals surface area contributed by atoms with Gasteiger partial charge in [-0.25, -0.2) is 9.78 Å². The van der Waals surface area contributed by atoms with Crippen molar-refractivity contribution in [3.8, 4) is 5.75 Å². The van der Waals surface area contributed by atoms with E-state index in [1.165, 1.54) is 32.3 Å². The molecule has 8 nitrogen and oxygen atoms in total. The van der Waals surface area contributed by atoms with E-state index in [1.807, 2.05) is 0 Å². The Labute approximate surface area is 154 Å². The van der Waals surface area contributed by atoms with Gasteiger partial charge in [0.15, 0.2) is 0 Å². The molecule has 0 unspecified atom stereocenters. The Morgan fingerprint density at radius 1 is 1.14 bits per heavy atom. The minimum Gasteiger partial charge on any atom is -0.406 e. The van der Waals surface area contributed by atoms with Gasteiger partial charge in [0.25, 0.3) is 11.5 Å². The summed E-state index contributed by atoms with van der Waals surface area (Å²) in [5.41, 5.74) is -1.04. The van der Waals surface area contributed by atoms with Crippen molar-refractivity contribution >= 4 is 22.6 Å². The molecule has 2 aromatic heterocycles. The van der Waals surface area contributed by atoms with E-state index >= 15 is 0 Å². The van der Waals surface area contributed by atoms with Crippen molar-refractivity contribution in [2.24, 2.45) is 14.1 Å². The van der Waals surface area contributed by atoms with Crippen LogP contribution >= 0.6 is 0 Å². The maximum Gasteiger partial charge on any atom is 0.573 e. The molecule has 1 amide bonds. The standard InChI is InChI=1S/C17H13F3N4O4/c1-23-13-12(15(26)24(2)16(23)27)6-9(8-21-13)14(25)22-10-4-3-5-11(7-10)28-17(18,19)20/h3-8H,1-2H3,(H,22,25). The lowest BCUT2D eigenvalue weighted by molar-refractivity contribution is -0.274. The number of pyridine rings is 1. The molecule has 0 radical (unpaired) electrons. The van der Waals surface area contributed by atoms with E-state index in [4.69, 9.17) is 0 Å². The molecule has 28 heavy (non-hydrogen) atoms. The van der Waals surface area contributed by atoms with Gasteiger partial charge in [0.05, 0.1) is 10.9 Å². The summed E-state index contributed by atoms with van der Waals surface area (Å²) in [4.78, 5) is 40.6. The van der Waals surface area contributed by atoms with Crippen LogP contribution in [0, 0.1) is 0 Å². The van der Waals surface area contributed by atoms with Crippen molar-refractivity contribution in [3.63, 3.8) is 0 Å². The molecule has 0 saturated heterocycles. The van der Waals surface area contributed by atoms with E-state index < -0.39 is 29.3 Å². The molecule has 0 atom stereocenters. The van der Waals surface area contributed by atoms with Gasteiger partial charge in [-0.2, -0.15) is 0 Å². The zero-order valence-electron chi connectivity index (χ0n) is 14.6. The number of hydrogen-bond donors (Lipinski definition) is 1. The Morgan fingerprint density at radius 3 is 2.54 bits per heavy atom. The van der Waals surface area contributed by atoms with Crippen LogP contribution < -0.4 is 21.3 Å². The van der Waals surface area contributed by atoms with Crippen molar-refractivity contribution in [2.45, 2.75) is 6.36 Å². The van der Waals surface area contributed by atoms with E-state index in [2.05, 4.69) is 15.0 Å². The largest absolute Gasteiger partial charge is 0.573 e. The first-order chi connectivity index (χ1) is 13.1. The highest BCUT2D eigenvalue weighted by Gasteiger charge is 2.31. The van der Waals surface area contributed by atoms with E-state index in [-0.39, 0.29) is 22.3 Å². The van der Waals surface area contributed by atoms with Crippen LogP contribution in [0.15, 0.2) is 46.1 Å². The second kappa shape index (κ2) is 6.83. The Morgan fingerprint density at radius 2 is 1.86 bits per heavy atom. The molecule has 0 aliphatic heterocycles. The number of hydrogen-bond acceptors (Lipinski definition) is 5. The van der Waals surface area contributed by atoms with Gasteiger partial charge in [0, 0.05) is 32.0 Å². The van der Waals surface area contributed by atoms with Gasteiger partial charge in [-0.1, -0.05) is 6.07 Å². The molecule has 0 spiro atoms. The summed E-state index contributed by atoms with van der Waals surface area (Å²) in [6.07, 6.45) is -3.70.